The summed E-state index contributed by atoms with van der Waals surface area (Å²) >= 11 is 2.90. The highest BCUT2D eigenvalue weighted by Gasteiger charge is 2.59. The highest BCUT2D eigenvalue weighted by Crippen LogP contribution is 2.53. The van der Waals surface area contributed by atoms with Crippen LogP contribution in [-0.4, -0.2) is 28.3 Å². The minimum absolute atomic E-state index is 0.0676. The second-order valence-corrected chi connectivity index (χ2v) is 11.0. The van der Waals surface area contributed by atoms with Crippen molar-refractivity contribution in [3.05, 3.63) is 65.7 Å². The fraction of sp³-hybridized carbons (Fsp3) is 0.280. The van der Waals surface area contributed by atoms with Gasteiger partial charge in [0.2, 0.25) is 11.8 Å². The number of carbonyl (C=O) groups is 3. The van der Waals surface area contributed by atoms with Gasteiger partial charge in [0.25, 0.3) is 0 Å². The Balaban J connectivity index is 1.21. The van der Waals surface area contributed by atoms with Crippen molar-refractivity contribution in [2.24, 2.45) is 23.7 Å². The van der Waals surface area contributed by atoms with Crippen LogP contribution in [0.5, 0.6) is 0 Å². The molecule has 0 spiro atoms. The van der Waals surface area contributed by atoms with Gasteiger partial charge in [-0.05, 0) is 43.4 Å². The maximum Gasteiger partial charge on any atom is 0.238 e. The van der Waals surface area contributed by atoms with Crippen molar-refractivity contribution in [3.63, 3.8) is 0 Å². The fourth-order valence-electron chi connectivity index (χ4n) is 5.20. The van der Waals surface area contributed by atoms with Gasteiger partial charge in [-0.25, -0.2) is 9.88 Å². The quantitative estimate of drug-likeness (QED) is 0.235. The Morgan fingerprint density at radius 2 is 1.75 bits per heavy atom. The summed E-state index contributed by atoms with van der Waals surface area (Å²) in [5, 5.41) is 0. The number of amides is 2. The van der Waals surface area contributed by atoms with Crippen molar-refractivity contribution >= 4 is 56.6 Å². The molecule has 5 nitrogen and oxygen atoms in total. The van der Waals surface area contributed by atoms with Crippen LogP contribution in [0.2, 0.25) is 0 Å². The molecule has 1 saturated carbocycles. The number of allylic oxidation sites excluding steroid dienone is 2. The van der Waals surface area contributed by atoms with E-state index in [1.807, 2.05) is 43.3 Å². The third-order valence-electron chi connectivity index (χ3n) is 6.78. The lowest BCUT2D eigenvalue weighted by molar-refractivity contribution is -0.123. The predicted octanol–water partition coefficient (Wildman–Crippen LogP) is 4.89. The van der Waals surface area contributed by atoms with Crippen LogP contribution >= 0.6 is 23.1 Å². The first-order valence-electron chi connectivity index (χ1n) is 10.7. The second-order valence-electron chi connectivity index (χ2n) is 8.72. The molecule has 32 heavy (non-hydrogen) atoms. The van der Waals surface area contributed by atoms with Crippen LogP contribution in [0.4, 0.5) is 5.69 Å². The van der Waals surface area contributed by atoms with E-state index < -0.39 is 0 Å². The summed E-state index contributed by atoms with van der Waals surface area (Å²) in [5.41, 5.74) is 3.26. The third-order valence-corrected chi connectivity index (χ3v) is 8.94. The lowest BCUT2D eigenvalue weighted by Crippen LogP contribution is -2.32. The molecule has 2 aromatic carbocycles. The Kier molecular flexibility index (Phi) is 4.59. The van der Waals surface area contributed by atoms with E-state index in [0.717, 1.165) is 26.5 Å². The fourth-order valence-corrected chi connectivity index (χ4v) is 7.20. The van der Waals surface area contributed by atoms with Gasteiger partial charge in [-0.3, -0.25) is 14.4 Å². The molecule has 0 unspecified atom stereocenters. The van der Waals surface area contributed by atoms with Gasteiger partial charge < -0.3 is 0 Å². The van der Waals surface area contributed by atoms with Gasteiger partial charge in [0.05, 0.1) is 33.5 Å². The SMILES string of the molecule is Cc1ccc(C(=O)CSc2nc3ccc(N4C(=O)[C@@H]5[C@@H](C4=O)[C@H]4C=C[C@H]5C4)cc3s2)cc1. The van der Waals surface area contributed by atoms with Gasteiger partial charge in [-0.2, -0.15) is 0 Å². The number of ketones is 1. The maximum atomic E-state index is 13.1. The van der Waals surface area contributed by atoms with Crippen LogP contribution in [0, 0.1) is 30.6 Å². The molecule has 1 aromatic heterocycles. The van der Waals surface area contributed by atoms with Crippen LogP contribution in [0.1, 0.15) is 22.3 Å². The molecule has 1 aliphatic heterocycles. The number of rotatable bonds is 5. The summed E-state index contributed by atoms with van der Waals surface area (Å²) in [6.07, 6.45) is 5.14. The number of thiazole rings is 1. The zero-order chi connectivity index (χ0) is 22.0. The molecule has 3 aliphatic rings. The number of anilines is 1. The van der Waals surface area contributed by atoms with Crippen molar-refractivity contribution in [3.8, 4) is 0 Å². The zero-order valence-corrected chi connectivity index (χ0v) is 19.0. The Labute approximate surface area is 193 Å². The second kappa shape index (κ2) is 7.39. The molecule has 1 saturated heterocycles. The van der Waals surface area contributed by atoms with Gasteiger partial charge >= 0.3 is 0 Å². The average molecular weight is 461 g/mol. The average Bonchev–Trinajstić information content (AvgIpc) is 3.55. The summed E-state index contributed by atoms with van der Waals surface area (Å²) in [7, 11) is 0. The Morgan fingerprint density at radius 3 is 2.44 bits per heavy atom. The number of benzene rings is 2. The van der Waals surface area contributed by atoms with Crippen LogP contribution in [0.15, 0.2) is 59.0 Å². The van der Waals surface area contributed by atoms with Crippen LogP contribution in [0.3, 0.4) is 0 Å². The van der Waals surface area contributed by atoms with E-state index in [4.69, 9.17) is 0 Å². The zero-order valence-electron chi connectivity index (χ0n) is 17.4. The van der Waals surface area contributed by atoms with Gasteiger partial charge in [0, 0.05) is 5.56 Å². The lowest BCUT2D eigenvalue weighted by Gasteiger charge is -2.17. The summed E-state index contributed by atoms with van der Waals surface area (Å²) < 4.78 is 1.71. The van der Waals surface area contributed by atoms with E-state index in [1.165, 1.54) is 28.0 Å². The molecule has 6 rings (SSSR count). The van der Waals surface area contributed by atoms with E-state index in [9.17, 15) is 14.4 Å². The first-order chi connectivity index (χ1) is 15.5. The number of Topliss-reactive ketones (excluding diaryl/α,β-unsaturated/α-hetero) is 1. The third kappa shape index (κ3) is 3.06. The molecule has 3 aromatic rings. The van der Waals surface area contributed by atoms with Crippen LogP contribution in [0.25, 0.3) is 10.2 Å². The van der Waals surface area contributed by atoms with E-state index in [0.29, 0.717) is 17.0 Å². The van der Waals surface area contributed by atoms with Gasteiger partial charge in [0.1, 0.15) is 0 Å². The van der Waals surface area contributed by atoms with Crippen molar-refractivity contribution in [1.82, 2.24) is 4.98 Å². The minimum Gasteiger partial charge on any atom is -0.293 e. The molecular weight excluding hydrogens is 440 g/mol. The Hall–Kier alpha value is -2.77. The molecule has 2 aliphatic carbocycles. The van der Waals surface area contributed by atoms with Crippen molar-refractivity contribution < 1.29 is 14.4 Å². The van der Waals surface area contributed by atoms with E-state index in [1.54, 1.807) is 6.07 Å². The van der Waals surface area contributed by atoms with E-state index >= 15 is 0 Å². The molecular formula is C25H20N2O3S2. The summed E-state index contributed by atoms with van der Waals surface area (Å²) in [5.74, 6) is 0.247. The smallest absolute Gasteiger partial charge is 0.238 e. The van der Waals surface area contributed by atoms with Crippen LogP contribution in [-0.2, 0) is 9.59 Å². The highest BCUT2D eigenvalue weighted by atomic mass is 32.2. The number of fused-ring (bicyclic) bond motifs is 6. The van der Waals surface area contributed by atoms with Crippen molar-refractivity contribution in [2.45, 2.75) is 17.7 Å². The number of imide groups is 1. The molecule has 7 heteroatoms. The normalized spacial score (nSPS) is 25.8. The largest absolute Gasteiger partial charge is 0.293 e. The first-order valence-corrected chi connectivity index (χ1v) is 12.5. The molecule has 2 heterocycles. The number of carbonyl (C=O) groups excluding carboxylic acids is 3. The molecule has 160 valence electrons. The topological polar surface area (TPSA) is 67.3 Å². The van der Waals surface area contributed by atoms with Crippen molar-refractivity contribution in [1.29, 1.82) is 0 Å². The number of thioether (sulfide) groups is 1. The lowest BCUT2D eigenvalue weighted by atomic mass is 9.85. The Bertz CT molecular complexity index is 1280. The van der Waals surface area contributed by atoms with Gasteiger partial charge in [0.15, 0.2) is 10.1 Å². The number of aromatic nitrogens is 1. The number of aryl methyl sites for hydroxylation is 1. The molecule has 2 bridgehead atoms. The van der Waals surface area contributed by atoms with Crippen molar-refractivity contribution in [2.75, 3.05) is 10.7 Å². The summed E-state index contributed by atoms with van der Waals surface area (Å²) in [4.78, 5) is 44.6. The molecule has 2 amide bonds. The maximum absolute atomic E-state index is 13.1. The highest BCUT2D eigenvalue weighted by molar-refractivity contribution is 8.01. The standard InChI is InChI=1S/C25H20N2O3S2/c1-13-2-4-14(5-3-13)19(28)12-31-25-26-18-9-8-17(11-20(18)32-25)27-23(29)21-15-6-7-16(10-15)22(21)24(27)30/h2-9,11,15-16,21-22H,10,12H2,1H3/t15-,16-,21-,22-/m0/s1. The number of hydrogen-bond donors (Lipinski definition) is 0. The molecule has 0 radical (unpaired) electrons. The van der Waals surface area contributed by atoms with Gasteiger partial charge in [-0.1, -0.05) is 53.7 Å². The van der Waals surface area contributed by atoms with Crippen LogP contribution < -0.4 is 4.90 Å². The monoisotopic (exact) mass is 460 g/mol. The first kappa shape index (κ1) is 19.9. The molecule has 0 N–H and O–H groups in total. The predicted molar refractivity (Wildman–Crippen MR) is 126 cm³/mol. The summed E-state index contributed by atoms with van der Waals surface area (Å²) in [6, 6.07) is 13.1. The number of nitrogens with zero attached hydrogens (tertiary/aromatic N) is 2. The van der Waals surface area contributed by atoms with E-state index in [-0.39, 0.29) is 41.3 Å². The van der Waals surface area contributed by atoms with Gasteiger partial charge in [-0.15, -0.1) is 11.3 Å². The minimum atomic E-state index is -0.200. The molecule has 4 atom stereocenters. The molecule has 2 fully saturated rings. The summed E-state index contributed by atoms with van der Waals surface area (Å²) in [6.45, 7) is 2.00. The Morgan fingerprint density at radius 1 is 1.06 bits per heavy atom. The van der Waals surface area contributed by atoms with E-state index in [2.05, 4.69) is 17.1 Å². The number of hydrogen-bond acceptors (Lipinski definition) is 6.